The second kappa shape index (κ2) is 16.6. The summed E-state index contributed by atoms with van der Waals surface area (Å²) in [6.45, 7) is 0.473. The zero-order valence-corrected chi connectivity index (χ0v) is 30.6. The van der Waals surface area contributed by atoms with Crippen LogP contribution in [0.15, 0.2) is 125 Å². The number of carbonyl (C=O) groups is 5. The number of nitrogens with one attached hydrogen (secondary N) is 2. The molecule has 0 aliphatic carbocycles. The zero-order valence-electron chi connectivity index (χ0n) is 27.5. The van der Waals surface area contributed by atoms with Gasteiger partial charge in [-0.15, -0.1) is 23.5 Å². The van der Waals surface area contributed by atoms with E-state index in [9.17, 15) is 24.0 Å². The molecule has 0 saturated carbocycles. The highest BCUT2D eigenvalue weighted by Gasteiger charge is 2.41. The molecular weight excluding hydrogens is 743 g/mol. The minimum absolute atomic E-state index is 0.148. The number of methoxy groups -OCH3 is 1. The molecule has 0 aromatic heterocycles. The molecule has 2 N–H and O–H groups in total. The number of halogens is 2. The van der Waals surface area contributed by atoms with E-state index in [4.69, 9.17) is 23.2 Å². The molecule has 10 nitrogen and oxygen atoms in total. The Bertz CT molecular complexity index is 2180. The Morgan fingerprint density at radius 3 is 1.79 bits per heavy atom. The quantitative estimate of drug-likeness (QED) is 0.126. The molecule has 2 atom stereocenters. The second-order valence-corrected chi connectivity index (χ2v) is 14.6. The number of hydrazine groups is 2. The third kappa shape index (κ3) is 8.37. The number of esters is 1. The van der Waals surface area contributed by atoms with Gasteiger partial charge in [-0.25, -0.2) is 14.8 Å². The van der Waals surface area contributed by atoms with E-state index >= 15 is 0 Å². The number of hydrogen-bond acceptors (Lipinski definition) is 8. The van der Waals surface area contributed by atoms with Gasteiger partial charge in [0.2, 0.25) is 0 Å². The largest absolute Gasteiger partial charge is 0.465 e. The lowest BCUT2D eigenvalue weighted by molar-refractivity contribution is -0.130. The minimum Gasteiger partial charge on any atom is -0.465 e. The predicted octanol–water partition coefficient (Wildman–Crippen LogP) is 6.69. The Morgan fingerprint density at radius 2 is 1.19 bits per heavy atom. The minimum atomic E-state index is -0.904. The van der Waals surface area contributed by atoms with Gasteiger partial charge in [0.15, 0.2) is 10.5 Å². The molecule has 2 aliphatic heterocycles. The molecule has 0 radical (unpaired) electrons. The molecule has 2 aliphatic rings. The topological polar surface area (TPSA) is 125 Å². The Hall–Kier alpha value is -5.01. The van der Waals surface area contributed by atoms with E-state index in [0.717, 1.165) is 33.0 Å². The van der Waals surface area contributed by atoms with E-state index < -0.39 is 22.4 Å². The molecule has 0 spiro atoms. The Balaban J connectivity index is 0.000000179. The Labute approximate surface area is 317 Å². The number of benzene rings is 5. The summed E-state index contributed by atoms with van der Waals surface area (Å²) in [4.78, 5) is 62.9. The molecule has 5 aromatic rings. The lowest BCUT2D eigenvalue weighted by Crippen LogP contribution is -2.35. The molecule has 2 heterocycles. The monoisotopic (exact) mass is 772 g/mol. The van der Waals surface area contributed by atoms with Crippen LogP contribution in [0.2, 0.25) is 10.0 Å². The number of carbonyl (C=O) groups excluding carboxylic acids is 5. The molecule has 2 saturated heterocycles. The predicted molar refractivity (Wildman–Crippen MR) is 201 cm³/mol. The van der Waals surface area contributed by atoms with E-state index in [0.29, 0.717) is 32.6 Å². The van der Waals surface area contributed by atoms with Crippen LogP contribution < -0.4 is 10.9 Å². The van der Waals surface area contributed by atoms with Crippen molar-refractivity contribution in [1.29, 1.82) is 0 Å². The second-order valence-electron chi connectivity index (χ2n) is 11.5. The lowest BCUT2D eigenvalue weighted by atomic mass is 10.0. The molecule has 2 fully saturated rings. The molecule has 14 heteroatoms. The van der Waals surface area contributed by atoms with Gasteiger partial charge in [0.05, 0.1) is 35.8 Å². The Kier molecular flexibility index (Phi) is 11.7. The third-order valence-corrected chi connectivity index (χ3v) is 11.4. The van der Waals surface area contributed by atoms with Crippen LogP contribution in [0.5, 0.6) is 0 Å². The number of nitrogens with zero attached hydrogens (tertiary/aromatic N) is 2. The molecule has 2 unspecified atom stereocenters. The van der Waals surface area contributed by atoms with Crippen molar-refractivity contribution < 1.29 is 28.7 Å². The van der Waals surface area contributed by atoms with E-state index in [1.54, 1.807) is 60.7 Å². The van der Waals surface area contributed by atoms with Crippen LogP contribution in [-0.2, 0) is 37.0 Å². The van der Waals surface area contributed by atoms with Crippen LogP contribution in [-0.4, -0.2) is 57.2 Å². The summed E-state index contributed by atoms with van der Waals surface area (Å²) in [5.74, 6) is -1.80. The number of amides is 4. The Morgan fingerprint density at radius 1 is 0.673 bits per heavy atom. The number of thioether (sulfide) groups is 2. The van der Waals surface area contributed by atoms with Crippen LogP contribution in [0.1, 0.15) is 21.5 Å². The van der Waals surface area contributed by atoms with E-state index in [1.165, 1.54) is 28.9 Å². The first-order chi connectivity index (χ1) is 25.1. The lowest BCUT2D eigenvalue weighted by Gasteiger charge is -2.17. The smallest absolute Gasteiger partial charge is 0.337 e. The van der Waals surface area contributed by atoms with Gasteiger partial charge < -0.3 is 4.74 Å². The summed E-state index contributed by atoms with van der Waals surface area (Å²) in [5, 5.41) is 4.09. The van der Waals surface area contributed by atoms with E-state index in [-0.39, 0.29) is 24.3 Å². The van der Waals surface area contributed by atoms with Gasteiger partial charge in [-0.1, -0.05) is 102 Å². The maximum atomic E-state index is 12.8. The fraction of sp³-hybridized carbons (Fsp3) is 0.132. The molecule has 4 amide bonds. The van der Waals surface area contributed by atoms with Gasteiger partial charge >= 0.3 is 5.97 Å². The van der Waals surface area contributed by atoms with Gasteiger partial charge in [-0.3, -0.25) is 30.0 Å². The van der Waals surface area contributed by atoms with Crippen LogP contribution in [0.25, 0.3) is 10.8 Å². The van der Waals surface area contributed by atoms with E-state index in [2.05, 4.69) is 15.6 Å². The van der Waals surface area contributed by atoms with Crippen molar-refractivity contribution in [3.8, 4) is 0 Å². The summed E-state index contributed by atoms with van der Waals surface area (Å²) >= 11 is 14.5. The molecular formula is C38H30Cl2N4O6S2. The maximum absolute atomic E-state index is 12.8. The highest BCUT2D eigenvalue weighted by atomic mass is 35.5. The van der Waals surface area contributed by atoms with Crippen molar-refractivity contribution in [3.05, 3.63) is 142 Å². The first kappa shape index (κ1) is 36.8. The van der Waals surface area contributed by atoms with Crippen LogP contribution in [0.3, 0.4) is 0 Å². The van der Waals surface area contributed by atoms with Crippen molar-refractivity contribution in [2.45, 2.75) is 33.4 Å². The number of fused-ring (bicyclic) bond motifs is 1. The number of ether oxygens (including phenoxy) is 1. The molecule has 0 bridgehead atoms. The number of rotatable bonds is 9. The average molecular weight is 774 g/mol. The van der Waals surface area contributed by atoms with Crippen molar-refractivity contribution in [2.24, 2.45) is 0 Å². The first-order valence-electron chi connectivity index (χ1n) is 15.8. The van der Waals surface area contributed by atoms with Gasteiger partial charge in [0, 0.05) is 9.79 Å². The number of hydrogen-bond donors (Lipinski definition) is 2. The van der Waals surface area contributed by atoms with Gasteiger partial charge in [0.25, 0.3) is 23.6 Å². The molecule has 5 aromatic carbocycles. The van der Waals surface area contributed by atoms with Gasteiger partial charge in [-0.2, -0.15) is 0 Å². The van der Waals surface area contributed by atoms with Crippen molar-refractivity contribution in [3.63, 3.8) is 0 Å². The summed E-state index contributed by atoms with van der Waals surface area (Å²) in [7, 11) is 1.30. The van der Waals surface area contributed by atoms with Crippen LogP contribution >= 0.6 is 46.7 Å². The van der Waals surface area contributed by atoms with Gasteiger partial charge in [-0.05, 0) is 58.3 Å². The average Bonchev–Trinajstić information content (AvgIpc) is 3.57. The van der Waals surface area contributed by atoms with E-state index in [1.807, 2.05) is 54.6 Å². The zero-order chi connectivity index (χ0) is 36.8. The summed E-state index contributed by atoms with van der Waals surface area (Å²) in [5.41, 5.74) is 7.32. The van der Waals surface area contributed by atoms with Crippen molar-refractivity contribution >= 4 is 87.1 Å². The maximum Gasteiger partial charge on any atom is 0.337 e. The summed E-state index contributed by atoms with van der Waals surface area (Å²) in [6.07, 6.45) is 0. The standard InChI is InChI=1S/C20H15ClN2O2S.C18H15ClN2O4S/c21-16-10-3-4-11-17(16)26-18-19(24)22-23(20(18)25)12-14-8-5-7-13-6-1-2-9-15(13)14;1-25-18(24)12-6-4-5-11(9-12)10-21-17(23)15(16(22)20-21)26-14-8-3-2-7-13(14)19/h1-11,18H,12H2,(H,22,24);2-9,15H,10H2,1H3,(H,20,22). The summed E-state index contributed by atoms with van der Waals surface area (Å²) in [6, 6.07) is 34.9. The fourth-order valence-electron chi connectivity index (χ4n) is 5.48. The van der Waals surface area contributed by atoms with Gasteiger partial charge in [0.1, 0.15) is 0 Å². The fourth-order valence-corrected chi connectivity index (χ4v) is 7.97. The highest BCUT2D eigenvalue weighted by molar-refractivity contribution is 8.01. The molecule has 264 valence electrons. The SMILES string of the molecule is COC(=O)c1cccc(CN2NC(=O)C(Sc3ccccc3Cl)C2=O)c1.O=C1NN(Cc2cccc3ccccc23)C(=O)C1Sc1ccccc1Cl. The first-order valence-corrected chi connectivity index (χ1v) is 18.3. The van der Waals surface area contributed by atoms with Crippen LogP contribution in [0, 0.1) is 0 Å². The normalized spacial score (nSPS) is 16.8. The van der Waals surface area contributed by atoms with Crippen LogP contribution in [0.4, 0.5) is 0 Å². The van der Waals surface area contributed by atoms with Crippen molar-refractivity contribution in [1.82, 2.24) is 20.9 Å². The third-order valence-electron chi connectivity index (χ3n) is 8.01. The highest BCUT2D eigenvalue weighted by Crippen LogP contribution is 2.34. The molecule has 52 heavy (non-hydrogen) atoms. The van der Waals surface area contributed by atoms with Crippen molar-refractivity contribution in [2.75, 3.05) is 7.11 Å². The molecule has 7 rings (SSSR count). The summed E-state index contributed by atoms with van der Waals surface area (Å²) < 4.78 is 4.69.